The van der Waals surface area contributed by atoms with Crippen molar-refractivity contribution in [2.24, 2.45) is 5.92 Å². The molecule has 3 rings (SSSR count). The van der Waals surface area contributed by atoms with Crippen LogP contribution in [-0.4, -0.2) is 17.2 Å². The van der Waals surface area contributed by atoms with Crippen LogP contribution in [-0.2, 0) is 13.0 Å². The highest BCUT2D eigenvalue weighted by Crippen LogP contribution is 2.24. The lowest BCUT2D eigenvalue weighted by Gasteiger charge is -2.14. The number of fused-ring (bicyclic) bond motifs is 1. The first-order valence-electron chi connectivity index (χ1n) is 8.62. The summed E-state index contributed by atoms with van der Waals surface area (Å²) in [5.41, 5.74) is 2.91. The van der Waals surface area contributed by atoms with Crippen molar-refractivity contribution in [2.45, 2.75) is 58.5 Å². The number of aromatic nitrogens is 1. The van der Waals surface area contributed by atoms with Crippen molar-refractivity contribution in [2.75, 3.05) is 6.54 Å². The number of para-hydroxylation sites is 1. The smallest absolute Gasteiger partial charge is 0.0483 e. The molecule has 0 unspecified atom stereocenters. The molecular formula is C19H28N2. The second-order valence-corrected chi connectivity index (χ2v) is 6.48. The fourth-order valence-electron chi connectivity index (χ4n) is 3.20. The first-order chi connectivity index (χ1) is 10.3. The van der Waals surface area contributed by atoms with Crippen LogP contribution in [0.3, 0.4) is 0 Å². The lowest BCUT2D eigenvalue weighted by molar-refractivity contribution is 0.425. The van der Waals surface area contributed by atoms with Crippen molar-refractivity contribution in [1.82, 2.24) is 9.88 Å². The fraction of sp³-hybridized carbons (Fsp3) is 0.579. The Morgan fingerprint density at radius 1 is 1.19 bits per heavy atom. The lowest BCUT2D eigenvalue weighted by atomic mass is 10.0. The Morgan fingerprint density at radius 3 is 2.67 bits per heavy atom. The van der Waals surface area contributed by atoms with E-state index in [1.54, 1.807) is 0 Å². The van der Waals surface area contributed by atoms with Crippen LogP contribution in [0.4, 0.5) is 0 Å². The van der Waals surface area contributed by atoms with Gasteiger partial charge in [0.2, 0.25) is 0 Å². The van der Waals surface area contributed by atoms with Gasteiger partial charge in [-0.25, -0.2) is 0 Å². The Hall–Kier alpha value is -1.28. The van der Waals surface area contributed by atoms with Gasteiger partial charge in [-0.3, -0.25) is 0 Å². The van der Waals surface area contributed by atoms with Crippen molar-refractivity contribution in [1.29, 1.82) is 0 Å². The third-order valence-electron chi connectivity index (χ3n) is 4.89. The molecule has 1 fully saturated rings. The minimum atomic E-state index is 0.790. The topological polar surface area (TPSA) is 17.0 Å². The van der Waals surface area contributed by atoms with Crippen molar-refractivity contribution in [3.8, 4) is 0 Å². The molecule has 2 nitrogen and oxygen atoms in total. The average Bonchev–Trinajstić information content (AvgIpc) is 3.28. The normalized spacial score (nSPS) is 15.2. The van der Waals surface area contributed by atoms with Gasteiger partial charge in [0.05, 0.1) is 0 Å². The van der Waals surface area contributed by atoms with Gasteiger partial charge in [0, 0.05) is 29.7 Å². The van der Waals surface area contributed by atoms with Gasteiger partial charge in [-0.05, 0) is 43.4 Å². The number of nitrogens with one attached hydrogen (secondary N) is 1. The molecule has 1 aliphatic carbocycles. The van der Waals surface area contributed by atoms with E-state index < -0.39 is 0 Å². The number of rotatable bonds is 8. The van der Waals surface area contributed by atoms with Crippen molar-refractivity contribution in [3.63, 3.8) is 0 Å². The minimum absolute atomic E-state index is 0.790. The molecule has 2 heteroatoms. The van der Waals surface area contributed by atoms with E-state index >= 15 is 0 Å². The first-order valence-corrected chi connectivity index (χ1v) is 8.62. The summed E-state index contributed by atoms with van der Waals surface area (Å²) in [6.07, 6.45) is 8.82. The largest absolute Gasteiger partial charge is 0.347 e. The van der Waals surface area contributed by atoms with E-state index in [1.807, 2.05) is 0 Å². The van der Waals surface area contributed by atoms with E-state index in [2.05, 4.69) is 54.2 Å². The first kappa shape index (κ1) is 14.6. The van der Waals surface area contributed by atoms with E-state index in [0.29, 0.717) is 0 Å². The van der Waals surface area contributed by atoms with E-state index in [9.17, 15) is 0 Å². The molecule has 2 aromatic rings. The summed E-state index contributed by atoms with van der Waals surface area (Å²) in [7, 11) is 0. The van der Waals surface area contributed by atoms with Gasteiger partial charge in [0.1, 0.15) is 0 Å². The zero-order valence-electron chi connectivity index (χ0n) is 13.4. The van der Waals surface area contributed by atoms with E-state index in [0.717, 1.165) is 31.5 Å². The summed E-state index contributed by atoms with van der Waals surface area (Å²) >= 11 is 0. The van der Waals surface area contributed by atoms with E-state index in [-0.39, 0.29) is 0 Å². The molecule has 1 heterocycles. The summed E-state index contributed by atoms with van der Waals surface area (Å²) in [5.74, 6) is 0.790. The Morgan fingerprint density at radius 2 is 1.95 bits per heavy atom. The summed E-state index contributed by atoms with van der Waals surface area (Å²) < 4.78 is 2.49. The Kier molecular flexibility index (Phi) is 4.64. The van der Waals surface area contributed by atoms with Gasteiger partial charge >= 0.3 is 0 Å². The highest BCUT2D eigenvalue weighted by Gasteiger charge is 2.20. The van der Waals surface area contributed by atoms with Gasteiger partial charge in [0.25, 0.3) is 0 Å². The molecule has 0 amide bonds. The maximum atomic E-state index is 3.63. The molecule has 1 aromatic carbocycles. The van der Waals surface area contributed by atoms with Crippen LogP contribution in [0, 0.1) is 5.92 Å². The number of hydrogen-bond acceptors (Lipinski definition) is 1. The lowest BCUT2D eigenvalue weighted by Crippen LogP contribution is -2.19. The summed E-state index contributed by atoms with van der Waals surface area (Å²) in [4.78, 5) is 0. The molecule has 1 aliphatic rings. The molecule has 0 spiro atoms. The van der Waals surface area contributed by atoms with Crippen molar-refractivity contribution < 1.29 is 0 Å². The van der Waals surface area contributed by atoms with Crippen molar-refractivity contribution in [3.05, 3.63) is 36.0 Å². The standard InChI is InChI=1S/C19H28N2/c1-3-15(4-2)13-21-14-16(11-12-20-17-9-10-17)18-7-5-6-8-19(18)21/h5-8,14-15,17,20H,3-4,9-13H2,1-2H3. The zero-order chi connectivity index (χ0) is 14.7. The van der Waals surface area contributed by atoms with Crippen LogP contribution in [0.5, 0.6) is 0 Å². The summed E-state index contributed by atoms with van der Waals surface area (Å²) in [6, 6.07) is 9.70. The molecule has 1 aromatic heterocycles. The quantitative estimate of drug-likeness (QED) is 0.761. The Bertz CT molecular complexity index is 576. The van der Waals surface area contributed by atoms with Crippen LogP contribution < -0.4 is 5.32 Å². The van der Waals surface area contributed by atoms with Crippen molar-refractivity contribution >= 4 is 10.9 Å². The van der Waals surface area contributed by atoms with Gasteiger partial charge in [-0.1, -0.05) is 44.9 Å². The number of benzene rings is 1. The highest BCUT2D eigenvalue weighted by atomic mass is 15.0. The summed E-state index contributed by atoms with van der Waals surface area (Å²) in [6.45, 7) is 6.88. The summed E-state index contributed by atoms with van der Waals surface area (Å²) in [5, 5.41) is 5.08. The number of hydrogen-bond donors (Lipinski definition) is 1. The maximum absolute atomic E-state index is 3.63. The molecule has 21 heavy (non-hydrogen) atoms. The van der Waals surface area contributed by atoms with E-state index in [4.69, 9.17) is 0 Å². The van der Waals surface area contributed by atoms with Gasteiger partial charge in [-0.2, -0.15) is 0 Å². The molecule has 1 N–H and O–H groups in total. The monoisotopic (exact) mass is 284 g/mol. The van der Waals surface area contributed by atoms with Crippen LogP contribution in [0.1, 0.15) is 45.1 Å². The maximum Gasteiger partial charge on any atom is 0.0483 e. The molecule has 0 radical (unpaired) electrons. The van der Waals surface area contributed by atoms with E-state index in [1.165, 1.54) is 42.1 Å². The molecule has 114 valence electrons. The minimum Gasteiger partial charge on any atom is -0.347 e. The fourth-order valence-corrected chi connectivity index (χ4v) is 3.20. The average molecular weight is 284 g/mol. The SMILES string of the molecule is CCC(CC)Cn1cc(CCNC2CC2)c2ccccc21. The molecular weight excluding hydrogens is 256 g/mol. The van der Waals surface area contributed by atoms with Crippen LogP contribution >= 0.6 is 0 Å². The molecule has 0 aliphatic heterocycles. The molecule has 0 atom stereocenters. The van der Waals surface area contributed by atoms with Gasteiger partial charge in [0.15, 0.2) is 0 Å². The zero-order valence-corrected chi connectivity index (χ0v) is 13.4. The number of nitrogens with zero attached hydrogens (tertiary/aromatic N) is 1. The molecule has 0 saturated heterocycles. The van der Waals surface area contributed by atoms with Crippen LogP contribution in [0.2, 0.25) is 0 Å². The third kappa shape index (κ3) is 3.49. The van der Waals surface area contributed by atoms with Gasteiger partial charge in [-0.15, -0.1) is 0 Å². The predicted molar refractivity (Wildman–Crippen MR) is 90.7 cm³/mol. The van der Waals surface area contributed by atoms with Crippen LogP contribution in [0.15, 0.2) is 30.5 Å². The molecule has 0 bridgehead atoms. The second-order valence-electron chi connectivity index (χ2n) is 6.48. The third-order valence-corrected chi connectivity index (χ3v) is 4.89. The van der Waals surface area contributed by atoms with Gasteiger partial charge < -0.3 is 9.88 Å². The Labute approximate surface area is 128 Å². The second kappa shape index (κ2) is 6.65. The predicted octanol–water partition coefficient (Wildman–Crippen LogP) is 4.37. The molecule has 1 saturated carbocycles. The Balaban J connectivity index is 1.78. The van der Waals surface area contributed by atoms with Crippen LogP contribution in [0.25, 0.3) is 10.9 Å². The highest BCUT2D eigenvalue weighted by molar-refractivity contribution is 5.84.